The summed E-state index contributed by atoms with van der Waals surface area (Å²) in [7, 11) is 0. The normalized spacial score (nSPS) is 11.2. The smallest absolute Gasteiger partial charge is 0.249 e. The van der Waals surface area contributed by atoms with E-state index in [1.807, 2.05) is 60.7 Å². The van der Waals surface area contributed by atoms with Gasteiger partial charge in [0.15, 0.2) is 0 Å². The van der Waals surface area contributed by atoms with Crippen LogP contribution >= 0.6 is 0 Å². The predicted molar refractivity (Wildman–Crippen MR) is 122 cm³/mol. The maximum Gasteiger partial charge on any atom is 0.249 e. The van der Waals surface area contributed by atoms with Gasteiger partial charge >= 0.3 is 0 Å². The molecule has 0 unspecified atom stereocenters. The van der Waals surface area contributed by atoms with Crippen LogP contribution in [0.15, 0.2) is 78.9 Å². The van der Waals surface area contributed by atoms with Crippen molar-refractivity contribution < 1.29 is 19.4 Å². The third-order valence-corrected chi connectivity index (χ3v) is 5.63. The van der Waals surface area contributed by atoms with Crippen LogP contribution in [0.4, 0.5) is 0 Å². The molecule has 0 fully saturated rings. The SMILES string of the molecule is NC(=O)c1cccc2c1c1c(OCC(=O)[O-])cc3ccccc3c1n2Cc1ccccc1. The summed E-state index contributed by atoms with van der Waals surface area (Å²) < 4.78 is 7.79. The van der Waals surface area contributed by atoms with Gasteiger partial charge in [-0.25, -0.2) is 0 Å². The lowest BCUT2D eigenvalue weighted by atomic mass is 10.0. The second-order valence-corrected chi connectivity index (χ2v) is 7.62. The van der Waals surface area contributed by atoms with Gasteiger partial charge in [-0.15, -0.1) is 0 Å². The Hall–Kier alpha value is -4.32. The topological polar surface area (TPSA) is 97.4 Å². The number of benzene rings is 4. The van der Waals surface area contributed by atoms with E-state index in [9.17, 15) is 14.7 Å². The number of carboxylic acids is 1. The predicted octanol–water partition coefficient (Wildman–Crippen LogP) is 3.22. The number of ether oxygens (including phenoxy) is 1. The molecule has 0 bridgehead atoms. The van der Waals surface area contributed by atoms with Gasteiger partial charge in [0.2, 0.25) is 5.91 Å². The Kier molecular flexibility index (Phi) is 4.75. The van der Waals surface area contributed by atoms with Crippen LogP contribution in [-0.4, -0.2) is 23.1 Å². The molecule has 0 saturated carbocycles. The van der Waals surface area contributed by atoms with Crippen LogP contribution in [0, 0.1) is 0 Å². The zero-order chi connectivity index (χ0) is 22.2. The van der Waals surface area contributed by atoms with Gasteiger partial charge in [-0.2, -0.15) is 0 Å². The molecule has 0 atom stereocenters. The fraction of sp³-hybridized carbons (Fsp3) is 0.0769. The average Bonchev–Trinajstić information content (AvgIpc) is 3.13. The maximum atomic E-state index is 12.3. The zero-order valence-corrected chi connectivity index (χ0v) is 17.1. The lowest BCUT2D eigenvalue weighted by Gasteiger charge is -2.13. The molecule has 6 nitrogen and oxygen atoms in total. The molecule has 1 amide bonds. The molecule has 32 heavy (non-hydrogen) atoms. The van der Waals surface area contributed by atoms with Crippen LogP contribution in [0.2, 0.25) is 0 Å². The van der Waals surface area contributed by atoms with E-state index in [1.165, 1.54) is 0 Å². The molecule has 2 N–H and O–H groups in total. The quantitative estimate of drug-likeness (QED) is 0.453. The second kappa shape index (κ2) is 7.74. The molecule has 158 valence electrons. The Morgan fingerprint density at radius 2 is 1.66 bits per heavy atom. The molecule has 1 aromatic heterocycles. The standard InChI is InChI=1S/C26H20N2O4/c27-26(31)19-11-6-12-20-23(19)24-21(32-15-22(29)30)13-17-9-4-5-10-18(17)25(24)28(20)14-16-7-2-1-3-8-16/h1-13H,14-15H2,(H2,27,31)(H,29,30)/p-1. The number of fused-ring (bicyclic) bond motifs is 5. The third-order valence-electron chi connectivity index (χ3n) is 5.63. The van der Waals surface area contributed by atoms with Gasteiger partial charge in [0.25, 0.3) is 0 Å². The van der Waals surface area contributed by atoms with Gasteiger partial charge in [0.05, 0.1) is 22.4 Å². The summed E-state index contributed by atoms with van der Waals surface area (Å²) in [5, 5.41) is 14.3. The summed E-state index contributed by atoms with van der Waals surface area (Å²) in [5.74, 6) is -1.52. The number of hydrogen-bond donors (Lipinski definition) is 1. The number of amides is 1. The Morgan fingerprint density at radius 1 is 0.906 bits per heavy atom. The van der Waals surface area contributed by atoms with Crippen molar-refractivity contribution in [1.29, 1.82) is 0 Å². The molecule has 0 aliphatic carbocycles. The largest absolute Gasteiger partial charge is 0.546 e. The van der Waals surface area contributed by atoms with E-state index in [0.29, 0.717) is 28.6 Å². The molecule has 0 radical (unpaired) electrons. The number of nitrogens with zero attached hydrogens (tertiary/aromatic N) is 1. The highest BCUT2D eigenvalue weighted by Gasteiger charge is 2.22. The number of nitrogens with two attached hydrogens (primary N) is 1. The van der Waals surface area contributed by atoms with E-state index in [4.69, 9.17) is 10.5 Å². The minimum atomic E-state index is -1.32. The van der Waals surface area contributed by atoms with Crippen LogP contribution in [0.25, 0.3) is 32.6 Å². The monoisotopic (exact) mass is 423 g/mol. The van der Waals surface area contributed by atoms with Gasteiger partial charge in [-0.05, 0) is 29.1 Å². The van der Waals surface area contributed by atoms with E-state index >= 15 is 0 Å². The van der Waals surface area contributed by atoms with E-state index in [-0.39, 0.29) is 0 Å². The van der Waals surface area contributed by atoms with Crippen molar-refractivity contribution in [2.45, 2.75) is 6.54 Å². The van der Waals surface area contributed by atoms with Crippen LogP contribution in [0.5, 0.6) is 5.75 Å². The fourth-order valence-corrected chi connectivity index (χ4v) is 4.36. The van der Waals surface area contributed by atoms with Gasteiger partial charge in [-0.3, -0.25) is 4.79 Å². The summed E-state index contributed by atoms with van der Waals surface area (Å²) in [5.41, 5.74) is 8.83. The minimum Gasteiger partial charge on any atom is -0.546 e. The summed E-state index contributed by atoms with van der Waals surface area (Å²) in [4.78, 5) is 23.5. The molecule has 0 spiro atoms. The van der Waals surface area contributed by atoms with E-state index in [2.05, 4.69) is 4.57 Å². The molecule has 0 aliphatic rings. The van der Waals surface area contributed by atoms with E-state index < -0.39 is 18.5 Å². The number of carbonyl (C=O) groups excluding carboxylic acids is 2. The first-order chi connectivity index (χ1) is 15.5. The average molecular weight is 423 g/mol. The molecule has 0 saturated heterocycles. The molecule has 1 heterocycles. The molecule has 6 heteroatoms. The molecular formula is C26H19N2O4-. The van der Waals surface area contributed by atoms with E-state index in [1.54, 1.807) is 18.2 Å². The first-order valence-electron chi connectivity index (χ1n) is 10.2. The second-order valence-electron chi connectivity index (χ2n) is 7.62. The lowest BCUT2D eigenvalue weighted by molar-refractivity contribution is -0.307. The zero-order valence-electron chi connectivity index (χ0n) is 17.1. The molecule has 0 aliphatic heterocycles. The third kappa shape index (κ3) is 3.22. The number of hydrogen-bond acceptors (Lipinski definition) is 4. The molecule has 5 rings (SSSR count). The van der Waals surface area contributed by atoms with Crippen LogP contribution in [-0.2, 0) is 11.3 Å². The Balaban J connectivity index is 1.95. The van der Waals surface area contributed by atoms with Gasteiger partial charge in [0, 0.05) is 22.9 Å². The van der Waals surface area contributed by atoms with Crippen molar-refractivity contribution in [2.24, 2.45) is 5.73 Å². The van der Waals surface area contributed by atoms with Crippen LogP contribution in [0.1, 0.15) is 15.9 Å². The van der Waals surface area contributed by atoms with Gasteiger partial charge in [-0.1, -0.05) is 60.7 Å². The number of aromatic nitrogens is 1. The number of primary amides is 1. The van der Waals surface area contributed by atoms with Gasteiger partial charge in [0.1, 0.15) is 12.4 Å². The first kappa shape index (κ1) is 19.6. The summed E-state index contributed by atoms with van der Waals surface area (Å²) in [6.07, 6.45) is 0. The van der Waals surface area contributed by atoms with Crippen LogP contribution < -0.4 is 15.6 Å². The maximum absolute atomic E-state index is 12.3. The lowest BCUT2D eigenvalue weighted by Crippen LogP contribution is -2.29. The molecular weight excluding hydrogens is 404 g/mol. The van der Waals surface area contributed by atoms with Crippen LogP contribution in [0.3, 0.4) is 0 Å². The van der Waals surface area contributed by atoms with Crippen molar-refractivity contribution >= 4 is 44.5 Å². The van der Waals surface area contributed by atoms with Crippen molar-refractivity contribution in [1.82, 2.24) is 4.57 Å². The highest BCUT2D eigenvalue weighted by atomic mass is 16.5. The highest BCUT2D eigenvalue weighted by Crippen LogP contribution is 2.42. The Morgan fingerprint density at radius 3 is 2.41 bits per heavy atom. The number of carboxylic acid groups (broad SMARTS) is 1. The summed E-state index contributed by atoms with van der Waals surface area (Å²) >= 11 is 0. The fourth-order valence-electron chi connectivity index (χ4n) is 4.36. The number of rotatable bonds is 6. The first-order valence-corrected chi connectivity index (χ1v) is 10.2. The van der Waals surface area contributed by atoms with Gasteiger partial charge < -0.3 is 24.9 Å². The van der Waals surface area contributed by atoms with Crippen molar-refractivity contribution in [3.63, 3.8) is 0 Å². The number of aliphatic carboxylic acids is 1. The molecule has 5 aromatic rings. The van der Waals surface area contributed by atoms with Crippen molar-refractivity contribution in [2.75, 3.05) is 6.61 Å². The highest BCUT2D eigenvalue weighted by molar-refractivity contribution is 6.25. The van der Waals surface area contributed by atoms with Crippen molar-refractivity contribution in [3.05, 3.63) is 90.0 Å². The summed E-state index contributed by atoms with van der Waals surface area (Å²) in [6, 6.07) is 25.0. The minimum absolute atomic E-state index is 0.355. The Bertz CT molecular complexity index is 1500. The van der Waals surface area contributed by atoms with Crippen molar-refractivity contribution in [3.8, 4) is 5.75 Å². The summed E-state index contributed by atoms with van der Waals surface area (Å²) in [6.45, 7) is -0.0471. The number of carbonyl (C=O) groups is 2. The molecule has 4 aromatic carbocycles. The van der Waals surface area contributed by atoms with E-state index in [0.717, 1.165) is 27.4 Å². The Labute approximate surface area is 183 Å².